The van der Waals surface area contributed by atoms with E-state index in [-0.39, 0.29) is 5.91 Å². The molecule has 1 amide bonds. The summed E-state index contributed by atoms with van der Waals surface area (Å²) in [5, 5.41) is 6.25. The van der Waals surface area contributed by atoms with E-state index in [2.05, 4.69) is 38.5 Å². The number of hydrogen-bond donors (Lipinski definition) is 1. The van der Waals surface area contributed by atoms with Crippen LogP contribution in [0.4, 0.5) is 5.69 Å². The van der Waals surface area contributed by atoms with Gasteiger partial charge in [0.2, 0.25) is 5.91 Å². The monoisotopic (exact) mass is 409 g/mol. The van der Waals surface area contributed by atoms with Crippen molar-refractivity contribution in [2.24, 2.45) is 0 Å². The van der Waals surface area contributed by atoms with Gasteiger partial charge in [0, 0.05) is 22.1 Å². The Morgan fingerprint density at radius 3 is 2.92 bits per heavy atom. The van der Waals surface area contributed by atoms with Crippen molar-refractivity contribution in [1.82, 2.24) is 9.88 Å². The molecule has 0 aliphatic heterocycles. The summed E-state index contributed by atoms with van der Waals surface area (Å²) in [6.07, 6.45) is 3.41. The lowest BCUT2D eigenvalue weighted by Gasteiger charge is -2.16. The maximum Gasteiger partial charge on any atom is 0.238 e. The number of amides is 1. The molecule has 130 valence electrons. The molecule has 6 heteroatoms. The summed E-state index contributed by atoms with van der Waals surface area (Å²) < 4.78 is 1.01. The van der Waals surface area contributed by atoms with Crippen molar-refractivity contribution < 1.29 is 4.79 Å². The number of thiazole rings is 1. The summed E-state index contributed by atoms with van der Waals surface area (Å²) in [4.78, 5) is 18.8. The Morgan fingerprint density at radius 2 is 2.21 bits per heavy atom. The number of rotatable bonds is 8. The molecule has 0 aliphatic carbocycles. The summed E-state index contributed by atoms with van der Waals surface area (Å²) >= 11 is 5.14. The van der Waals surface area contributed by atoms with Gasteiger partial charge in [-0.3, -0.25) is 9.69 Å². The molecule has 1 heterocycles. The number of unbranched alkanes of at least 4 members (excludes halogenated alkanes) is 1. The zero-order valence-electron chi connectivity index (χ0n) is 14.4. The number of carbonyl (C=O) groups is 1. The van der Waals surface area contributed by atoms with Crippen molar-refractivity contribution in [3.8, 4) is 0 Å². The number of likely N-dealkylation sites (N-methyl/N-ethyl adjacent to an activating group) is 1. The second-order valence-corrected chi connectivity index (χ2v) is 7.87. The Bertz CT molecular complexity index is 687. The molecule has 0 spiro atoms. The van der Waals surface area contributed by atoms with Gasteiger partial charge in [-0.25, -0.2) is 4.98 Å². The molecule has 1 N–H and O–H groups in total. The number of hydrogen-bond acceptors (Lipinski definition) is 4. The van der Waals surface area contributed by atoms with Crippen LogP contribution in [0.3, 0.4) is 0 Å². The van der Waals surface area contributed by atoms with E-state index >= 15 is 0 Å². The second-order valence-electron chi connectivity index (χ2n) is 6.02. The van der Waals surface area contributed by atoms with Gasteiger partial charge >= 0.3 is 0 Å². The van der Waals surface area contributed by atoms with E-state index in [1.54, 1.807) is 11.3 Å². The summed E-state index contributed by atoms with van der Waals surface area (Å²) in [7, 11) is 1.94. The Hall–Kier alpha value is -1.24. The minimum Gasteiger partial charge on any atom is -0.325 e. The Morgan fingerprint density at radius 1 is 1.42 bits per heavy atom. The van der Waals surface area contributed by atoms with Crippen molar-refractivity contribution in [2.45, 2.75) is 39.7 Å². The molecule has 0 unspecified atom stereocenters. The first-order chi connectivity index (χ1) is 11.5. The number of nitrogens with one attached hydrogen (secondary N) is 1. The minimum absolute atomic E-state index is 0.00985. The Labute approximate surface area is 156 Å². The molecule has 0 bridgehead atoms. The molecule has 0 atom stereocenters. The first kappa shape index (κ1) is 19.1. The standard InChI is InChI=1S/C18H24BrN3OS/c1-4-5-6-18-20-15(12-24-18)10-22(3)11-17(23)21-16-8-7-14(19)9-13(16)2/h7-9,12H,4-6,10-11H2,1-3H3,(H,21,23). The Balaban J connectivity index is 1.83. The van der Waals surface area contributed by atoms with Crippen molar-refractivity contribution >= 4 is 38.9 Å². The fourth-order valence-corrected chi connectivity index (χ4v) is 3.71. The molecule has 0 aliphatic rings. The lowest BCUT2D eigenvalue weighted by Crippen LogP contribution is -2.30. The predicted molar refractivity (Wildman–Crippen MR) is 105 cm³/mol. The van der Waals surface area contributed by atoms with Crippen LogP contribution in [0.15, 0.2) is 28.1 Å². The van der Waals surface area contributed by atoms with E-state index in [0.29, 0.717) is 13.1 Å². The molecule has 4 nitrogen and oxygen atoms in total. The van der Waals surface area contributed by atoms with Gasteiger partial charge in [-0.1, -0.05) is 29.3 Å². The molecular weight excluding hydrogens is 386 g/mol. The van der Waals surface area contributed by atoms with Crippen LogP contribution in [0.5, 0.6) is 0 Å². The van der Waals surface area contributed by atoms with Gasteiger partial charge in [-0.2, -0.15) is 0 Å². The number of aryl methyl sites for hydroxylation is 2. The van der Waals surface area contributed by atoms with Crippen LogP contribution in [-0.4, -0.2) is 29.4 Å². The maximum absolute atomic E-state index is 12.2. The molecule has 1 aromatic heterocycles. The quantitative estimate of drug-likeness (QED) is 0.690. The molecule has 2 rings (SSSR count). The average Bonchev–Trinajstić information content (AvgIpc) is 2.95. The van der Waals surface area contributed by atoms with Crippen LogP contribution in [0.2, 0.25) is 0 Å². The molecule has 0 fully saturated rings. The van der Waals surface area contributed by atoms with Crippen molar-refractivity contribution in [2.75, 3.05) is 18.9 Å². The smallest absolute Gasteiger partial charge is 0.238 e. The second kappa shape index (κ2) is 9.30. The highest BCUT2D eigenvalue weighted by Gasteiger charge is 2.11. The number of benzene rings is 1. The summed E-state index contributed by atoms with van der Waals surface area (Å²) in [5.74, 6) is -0.00985. The third kappa shape index (κ3) is 6.00. The van der Waals surface area contributed by atoms with E-state index in [1.807, 2.05) is 37.1 Å². The maximum atomic E-state index is 12.2. The summed E-state index contributed by atoms with van der Waals surface area (Å²) in [6.45, 7) is 5.21. The molecule has 1 aromatic carbocycles. The van der Waals surface area contributed by atoms with Crippen LogP contribution < -0.4 is 5.32 Å². The van der Waals surface area contributed by atoms with Crippen LogP contribution in [0.1, 0.15) is 36.0 Å². The van der Waals surface area contributed by atoms with E-state index in [0.717, 1.165) is 27.8 Å². The average molecular weight is 410 g/mol. The molecule has 0 saturated heterocycles. The highest BCUT2D eigenvalue weighted by Crippen LogP contribution is 2.20. The van der Waals surface area contributed by atoms with Crippen molar-refractivity contribution in [3.05, 3.63) is 44.3 Å². The normalized spacial score (nSPS) is 11.0. The van der Waals surface area contributed by atoms with E-state index in [4.69, 9.17) is 0 Å². The lowest BCUT2D eigenvalue weighted by molar-refractivity contribution is -0.117. The van der Waals surface area contributed by atoms with E-state index in [1.165, 1.54) is 17.8 Å². The summed E-state index contributed by atoms with van der Waals surface area (Å²) in [6, 6.07) is 5.84. The van der Waals surface area contributed by atoms with Gasteiger partial charge in [0.25, 0.3) is 0 Å². The number of carbonyl (C=O) groups excluding carboxylic acids is 1. The third-order valence-corrected chi connectivity index (χ3v) is 5.10. The van der Waals surface area contributed by atoms with Crippen LogP contribution >= 0.6 is 27.3 Å². The zero-order valence-corrected chi connectivity index (χ0v) is 16.8. The lowest BCUT2D eigenvalue weighted by atomic mass is 10.2. The molecule has 24 heavy (non-hydrogen) atoms. The van der Waals surface area contributed by atoms with Crippen LogP contribution in [0, 0.1) is 6.92 Å². The van der Waals surface area contributed by atoms with Crippen molar-refractivity contribution in [1.29, 1.82) is 0 Å². The number of aromatic nitrogens is 1. The topological polar surface area (TPSA) is 45.2 Å². The van der Waals surface area contributed by atoms with Crippen LogP contribution in [-0.2, 0) is 17.8 Å². The SMILES string of the molecule is CCCCc1nc(CN(C)CC(=O)Nc2ccc(Br)cc2C)cs1. The van der Waals surface area contributed by atoms with Crippen molar-refractivity contribution in [3.63, 3.8) is 0 Å². The fourth-order valence-electron chi connectivity index (χ4n) is 2.40. The number of nitrogens with zero attached hydrogens (tertiary/aromatic N) is 2. The van der Waals surface area contributed by atoms with Gasteiger partial charge < -0.3 is 5.32 Å². The first-order valence-electron chi connectivity index (χ1n) is 8.15. The van der Waals surface area contributed by atoms with E-state index < -0.39 is 0 Å². The molecule has 2 aromatic rings. The molecular formula is C18H24BrN3OS. The zero-order chi connectivity index (χ0) is 17.5. The molecule has 0 radical (unpaired) electrons. The largest absolute Gasteiger partial charge is 0.325 e. The minimum atomic E-state index is -0.00985. The first-order valence-corrected chi connectivity index (χ1v) is 9.83. The number of halogens is 1. The van der Waals surface area contributed by atoms with Gasteiger partial charge in [-0.05, 0) is 50.6 Å². The highest BCUT2D eigenvalue weighted by molar-refractivity contribution is 9.10. The van der Waals surface area contributed by atoms with Gasteiger partial charge in [0.1, 0.15) is 0 Å². The van der Waals surface area contributed by atoms with Gasteiger partial charge in [0.05, 0.1) is 17.2 Å². The number of anilines is 1. The Kier molecular flexibility index (Phi) is 7.40. The molecule has 0 saturated carbocycles. The van der Waals surface area contributed by atoms with Crippen LogP contribution in [0.25, 0.3) is 0 Å². The van der Waals surface area contributed by atoms with Gasteiger partial charge in [0.15, 0.2) is 0 Å². The predicted octanol–water partition coefficient (Wildman–Crippen LogP) is 4.63. The summed E-state index contributed by atoms with van der Waals surface area (Å²) in [5.41, 5.74) is 2.94. The van der Waals surface area contributed by atoms with Gasteiger partial charge in [-0.15, -0.1) is 11.3 Å². The third-order valence-electron chi connectivity index (χ3n) is 3.65. The highest BCUT2D eigenvalue weighted by atomic mass is 79.9. The fraction of sp³-hybridized carbons (Fsp3) is 0.444. The van der Waals surface area contributed by atoms with E-state index in [9.17, 15) is 4.79 Å².